The first-order chi connectivity index (χ1) is 8.10. The number of methoxy groups -OCH3 is 1. The molecule has 0 fully saturated rings. The van der Waals surface area contributed by atoms with E-state index in [0.717, 1.165) is 22.6 Å². The van der Waals surface area contributed by atoms with Crippen molar-refractivity contribution in [2.45, 2.75) is 39.2 Å². The number of hydrogen-bond donors (Lipinski definition) is 1. The topological polar surface area (TPSA) is 21.3 Å². The molecule has 1 unspecified atom stereocenters. The fourth-order valence-corrected chi connectivity index (χ4v) is 3.01. The van der Waals surface area contributed by atoms with E-state index in [-0.39, 0.29) is 0 Å². The van der Waals surface area contributed by atoms with Gasteiger partial charge in [0, 0.05) is 17.8 Å². The summed E-state index contributed by atoms with van der Waals surface area (Å²) in [7, 11) is 1.71. The molecule has 0 aromatic heterocycles. The van der Waals surface area contributed by atoms with E-state index >= 15 is 0 Å². The Labute approximate surface area is 112 Å². The van der Waals surface area contributed by atoms with E-state index < -0.39 is 0 Å². The fraction of sp³-hybridized carbons (Fsp3) is 0.571. The average molecular weight is 298 g/mol. The first-order valence-electron chi connectivity index (χ1n) is 6.23. The Hall–Kier alpha value is -0.700. The normalized spacial score (nSPS) is 18.8. The van der Waals surface area contributed by atoms with E-state index in [2.05, 4.69) is 47.2 Å². The molecule has 0 aliphatic carbocycles. The van der Waals surface area contributed by atoms with Crippen molar-refractivity contribution in [2.24, 2.45) is 5.92 Å². The molecule has 0 saturated heterocycles. The second-order valence-corrected chi connectivity index (χ2v) is 6.01. The van der Waals surface area contributed by atoms with Crippen LogP contribution in [0.3, 0.4) is 0 Å². The Bertz CT molecular complexity index is 403. The molecule has 0 amide bonds. The second-order valence-electron chi connectivity index (χ2n) is 5.15. The molecule has 0 radical (unpaired) electrons. The average Bonchev–Trinajstić information content (AvgIpc) is 2.28. The maximum absolute atomic E-state index is 5.34. The van der Waals surface area contributed by atoms with Gasteiger partial charge < -0.3 is 10.1 Å². The van der Waals surface area contributed by atoms with Crippen LogP contribution in [0.5, 0.6) is 5.75 Å². The SMILES string of the molecule is COc1cc2c(cc1Br)CCC(CC(C)C)N2. The Kier molecular flexibility index (Phi) is 3.97. The van der Waals surface area contributed by atoms with Crippen molar-refractivity contribution >= 4 is 21.6 Å². The lowest BCUT2D eigenvalue weighted by atomic mass is 9.92. The molecule has 0 bridgehead atoms. The Morgan fingerprint density at radius 1 is 1.47 bits per heavy atom. The molecular formula is C14H20BrNO. The molecule has 1 aromatic rings. The maximum atomic E-state index is 5.34. The molecule has 3 heteroatoms. The van der Waals surface area contributed by atoms with Gasteiger partial charge in [-0.25, -0.2) is 0 Å². The first-order valence-corrected chi connectivity index (χ1v) is 7.02. The number of aryl methyl sites for hydroxylation is 1. The van der Waals surface area contributed by atoms with Crippen LogP contribution in [0.1, 0.15) is 32.3 Å². The van der Waals surface area contributed by atoms with Crippen molar-refractivity contribution in [2.75, 3.05) is 12.4 Å². The largest absolute Gasteiger partial charge is 0.495 e. The van der Waals surface area contributed by atoms with Gasteiger partial charge in [0.15, 0.2) is 0 Å². The summed E-state index contributed by atoms with van der Waals surface area (Å²) in [4.78, 5) is 0. The highest BCUT2D eigenvalue weighted by Gasteiger charge is 2.20. The predicted molar refractivity (Wildman–Crippen MR) is 75.9 cm³/mol. The Balaban J connectivity index is 2.19. The lowest BCUT2D eigenvalue weighted by molar-refractivity contribution is 0.411. The van der Waals surface area contributed by atoms with Crippen LogP contribution in [0.4, 0.5) is 5.69 Å². The zero-order chi connectivity index (χ0) is 12.4. The summed E-state index contributed by atoms with van der Waals surface area (Å²) in [5.74, 6) is 1.65. The third-order valence-corrected chi connectivity index (χ3v) is 3.88. The van der Waals surface area contributed by atoms with Crippen molar-refractivity contribution in [1.82, 2.24) is 0 Å². The van der Waals surface area contributed by atoms with E-state index in [0.29, 0.717) is 6.04 Å². The summed E-state index contributed by atoms with van der Waals surface area (Å²) in [6.45, 7) is 4.55. The monoisotopic (exact) mass is 297 g/mol. The van der Waals surface area contributed by atoms with Crippen LogP contribution in [-0.4, -0.2) is 13.2 Å². The van der Waals surface area contributed by atoms with Gasteiger partial charge in [0.05, 0.1) is 11.6 Å². The minimum atomic E-state index is 0.605. The van der Waals surface area contributed by atoms with Gasteiger partial charge in [-0.2, -0.15) is 0 Å². The molecule has 1 atom stereocenters. The van der Waals surface area contributed by atoms with E-state index in [9.17, 15) is 0 Å². The molecule has 17 heavy (non-hydrogen) atoms. The van der Waals surface area contributed by atoms with Crippen LogP contribution in [0.2, 0.25) is 0 Å². The van der Waals surface area contributed by atoms with Crippen LogP contribution in [0, 0.1) is 5.92 Å². The van der Waals surface area contributed by atoms with Crippen molar-refractivity contribution in [1.29, 1.82) is 0 Å². The molecule has 1 aliphatic heterocycles. The van der Waals surface area contributed by atoms with Crippen LogP contribution in [0.25, 0.3) is 0 Å². The standard InChI is InChI=1S/C14H20BrNO/c1-9(2)6-11-5-4-10-7-12(15)14(17-3)8-13(10)16-11/h7-9,11,16H,4-6H2,1-3H3. The van der Waals surface area contributed by atoms with Crippen LogP contribution < -0.4 is 10.1 Å². The quantitative estimate of drug-likeness (QED) is 0.901. The fourth-order valence-electron chi connectivity index (χ4n) is 2.46. The highest BCUT2D eigenvalue weighted by molar-refractivity contribution is 9.10. The molecule has 1 aromatic carbocycles. The van der Waals surface area contributed by atoms with Gasteiger partial charge in [0.2, 0.25) is 0 Å². The highest BCUT2D eigenvalue weighted by Crippen LogP contribution is 2.35. The minimum Gasteiger partial charge on any atom is -0.495 e. The molecule has 1 N–H and O–H groups in total. The molecule has 2 nitrogen and oxygen atoms in total. The first kappa shape index (κ1) is 12.7. The van der Waals surface area contributed by atoms with Crippen molar-refractivity contribution in [3.63, 3.8) is 0 Å². The van der Waals surface area contributed by atoms with E-state index in [1.54, 1.807) is 7.11 Å². The smallest absolute Gasteiger partial charge is 0.135 e. The van der Waals surface area contributed by atoms with Crippen molar-refractivity contribution < 1.29 is 4.74 Å². The summed E-state index contributed by atoms with van der Waals surface area (Å²) < 4.78 is 6.38. The number of nitrogens with one attached hydrogen (secondary N) is 1. The Morgan fingerprint density at radius 3 is 2.88 bits per heavy atom. The molecule has 1 aliphatic rings. The summed E-state index contributed by atoms with van der Waals surface area (Å²) in [5.41, 5.74) is 2.62. The van der Waals surface area contributed by atoms with Crippen molar-refractivity contribution in [3.8, 4) is 5.75 Å². The summed E-state index contributed by atoms with van der Waals surface area (Å²) in [6.07, 6.45) is 3.62. The Morgan fingerprint density at radius 2 is 2.24 bits per heavy atom. The van der Waals surface area contributed by atoms with Gasteiger partial charge in [-0.3, -0.25) is 0 Å². The van der Waals surface area contributed by atoms with Crippen LogP contribution >= 0.6 is 15.9 Å². The summed E-state index contributed by atoms with van der Waals surface area (Å²) in [6, 6.07) is 4.88. The zero-order valence-electron chi connectivity index (χ0n) is 10.7. The minimum absolute atomic E-state index is 0.605. The summed E-state index contributed by atoms with van der Waals surface area (Å²) in [5, 5.41) is 3.63. The van der Waals surface area contributed by atoms with Gasteiger partial charge in [-0.05, 0) is 52.7 Å². The summed E-state index contributed by atoms with van der Waals surface area (Å²) >= 11 is 3.54. The lowest BCUT2D eigenvalue weighted by Gasteiger charge is -2.29. The number of ether oxygens (including phenoxy) is 1. The maximum Gasteiger partial charge on any atom is 0.135 e. The van der Waals surface area contributed by atoms with Gasteiger partial charge in [-0.1, -0.05) is 13.8 Å². The molecular weight excluding hydrogens is 278 g/mol. The molecule has 0 spiro atoms. The van der Waals surface area contributed by atoms with E-state index in [4.69, 9.17) is 4.74 Å². The van der Waals surface area contributed by atoms with Gasteiger partial charge >= 0.3 is 0 Å². The molecule has 2 rings (SSSR count). The third kappa shape index (κ3) is 2.95. The van der Waals surface area contributed by atoms with E-state index in [1.807, 2.05) is 0 Å². The third-order valence-electron chi connectivity index (χ3n) is 3.26. The molecule has 1 heterocycles. The van der Waals surface area contributed by atoms with Gasteiger partial charge in [0.1, 0.15) is 5.75 Å². The van der Waals surface area contributed by atoms with Gasteiger partial charge in [0.25, 0.3) is 0 Å². The number of benzene rings is 1. The van der Waals surface area contributed by atoms with E-state index in [1.165, 1.54) is 24.1 Å². The lowest BCUT2D eigenvalue weighted by Crippen LogP contribution is -2.26. The second kappa shape index (κ2) is 5.30. The van der Waals surface area contributed by atoms with Crippen LogP contribution in [0.15, 0.2) is 16.6 Å². The molecule has 94 valence electrons. The van der Waals surface area contributed by atoms with Crippen molar-refractivity contribution in [3.05, 3.63) is 22.2 Å². The number of fused-ring (bicyclic) bond motifs is 1. The van der Waals surface area contributed by atoms with Gasteiger partial charge in [-0.15, -0.1) is 0 Å². The number of halogens is 1. The number of hydrogen-bond acceptors (Lipinski definition) is 2. The highest BCUT2D eigenvalue weighted by atomic mass is 79.9. The zero-order valence-corrected chi connectivity index (χ0v) is 12.3. The number of anilines is 1. The van der Waals surface area contributed by atoms with Crippen LogP contribution in [-0.2, 0) is 6.42 Å². The molecule has 0 saturated carbocycles. The number of rotatable bonds is 3. The predicted octanol–water partition coefficient (Wildman–Crippen LogP) is 4.23.